The van der Waals surface area contributed by atoms with Crippen LogP contribution in [-0.4, -0.2) is 29.5 Å². The number of nitrogens with one attached hydrogen (secondary N) is 3. The Hall–Kier alpha value is -1.93. The second-order valence-electron chi connectivity index (χ2n) is 3.40. The largest absolute Gasteiger partial charge is 0.358 e. The van der Waals surface area contributed by atoms with Gasteiger partial charge in [-0.3, -0.25) is 14.9 Å². The van der Waals surface area contributed by atoms with Crippen molar-refractivity contribution in [3.63, 3.8) is 0 Å². The quantitative estimate of drug-likeness (QED) is 0.440. The standard InChI is InChI=1S/C10H11ClN4O3S/c1-12-9(16)5-13-10(19)14-8-4-6(15(17)18)2-3-7(8)11/h2-4H,5H2,1H3,(H,12,16)(H2,13,14,19). The van der Waals surface area contributed by atoms with Gasteiger partial charge in [0.05, 0.1) is 22.2 Å². The Balaban J connectivity index is 2.70. The maximum atomic E-state index is 11.0. The van der Waals surface area contributed by atoms with Crippen molar-refractivity contribution in [2.75, 3.05) is 18.9 Å². The molecule has 1 aromatic rings. The highest BCUT2D eigenvalue weighted by Gasteiger charge is 2.10. The van der Waals surface area contributed by atoms with E-state index in [0.717, 1.165) is 0 Å². The lowest BCUT2D eigenvalue weighted by Gasteiger charge is -2.10. The van der Waals surface area contributed by atoms with Gasteiger partial charge in [0.1, 0.15) is 0 Å². The van der Waals surface area contributed by atoms with E-state index < -0.39 is 4.92 Å². The first-order valence-corrected chi connectivity index (χ1v) is 5.92. The number of carbonyl (C=O) groups excluding carboxylic acids is 1. The summed E-state index contributed by atoms with van der Waals surface area (Å²) in [4.78, 5) is 21.1. The number of thiocarbonyl (C=S) groups is 1. The number of halogens is 1. The number of nitro groups is 1. The number of hydrogen-bond donors (Lipinski definition) is 3. The number of nitro benzene ring substituents is 1. The lowest BCUT2D eigenvalue weighted by molar-refractivity contribution is -0.384. The number of likely N-dealkylation sites (N-methyl/N-ethyl adjacent to an activating group) is 1. The third kappa shape index (κ3) is 4.68. The minimum atomic E-state index is -0.539. The fourth-order valence-electron chi connectivity index (χ4n) is 1.14. The summed E-state index contributed by atoms with van der Waals surface area (Å²) in [6, 6.07) is 3.94. The van der Waals surface area contributed by atoms with E-state index in [-0.39, 0.29) is 28.3 Å². The van der Waals surface area contributed by atoms with E-state index in [1.807, 2.05) is 0 Å². The number of rotatable bonds is 4. The molecule has 0 aliphatic carbocycles. The zero-order valence-electron chi connectivity index (χ0n) is 9.90. The van der Waals surface area contributed by atoms with Crippen LogP contribution in [0.5, 0.6) is 0 Å². The molecule has 0 aliphatic heterocycles. The first-order valence-electron chi connectivity index (χ1n) is 5.13. The van der Waals surface area contributed by atoms with E-state index in [1.165, 1.54) is 25.2 Å². The molecule has 3 N–H and O–H groups in total. The van der Waals surface area contributed by atoms with Crippen LogP contribution in [0.3, 0.4) is 0 Å². The second kappa shape index (κ2) is 6.86. The van der Waals surface area contributed by atoms with Crippen LogP contribution in [0.1, 0.15) is 0 Å². The van der Waals surface area contributed by atoms with Gasteiger partial charge in [-0.1, -0.05) is 11.6 Å². The molecule has 0 spiro atoms. The molecule has 1 aromatic carbocycles. The minimum Gasteiger partial charge on any atom is -0.358 e. The predicted molar refractivity (Wildman–Crippen MR) is 76.4 cm³/mol. The molecule has 19 heavy (non-hydrogen) atoms. The maximum Gasteiger partial charge on any atom is 0.271 e. The minimum absolute atomic E-state index is 0.00508. The Kier molecular flexibility index (Phi) is 5.46. The van der Waals surface area contributed by atoms with E-state index in [4.69, 9.17) is 23.8 Å². The lowest BCUT2D eigenvalue weighted by atomic mass is 10.3. The van der Waals surface area contributed by atoms with Crippen molar-refractivity contribution >= 4 is 46.2 Å². The molecule has 0 fully saturated rings. The van der Waals surface area contributed by atoms with Crippen molar-refractivity contribution in [2.45, 2.75) is 0 Å². The Labute approximate surface area is 119 Å². The molecule has 0 aliphatic rings. The molecule has 7 nitrogen and oxygen atoms in total. The van der Waals surface area contributed by atoms with Crippen LogP contribution in [0.2, 0.25) is 5.02 Å². The van der Waals surface area contributed by atoms with Crippen LogP contribution >= 0.6 is 23.8 Å². The molecule has 0 radical (unpaired) electrons. The van der Waals surface area contributed by atoms with Gasteiger partial charge in [-0.05, 0) is 18.3 Å². The molecule has 9 heteroatoms. The first-order chi connectivity index (χ1) is 8.93. The Morgan fingerprint density at radius 3 is 2.79 bits per heavy atom. The molecule has 1 amide bonds. The van der Waals surface area contributed by atoms with Crippen molar-refractivity contribution in [1.29, 1.82) is 0 Å². The van der Waals surface area contributed by atoms with E-state index in [2.05, 4.69) is 16.0 Å². The summed E-state index contributed by atoms with van der Waals surface area (Å²) in [5.74, 6) is -0.241. The maximum absolute atomic E-state index is 11.0. The summed E-state index contributed by atoms with van der Waals surface area (Å²) in [5, 5.41) is 18.8. The average molecular weight is 303 g/mol. The SMILES string of the molecule is CNC(=O)CNC(=S)Nc1cc([N+](=O)[O-])ccc1Cl. The number of benzene rings is 1. The molecule has 1 rings (SSSR count). The number of amides is 1. The zero-order chi connectivity index (χ0) is 14.4. The summed E-state index contributed by atoms with van der Waals surface area (Å²) in [6.07, 6.45) is 0. The molecule has 0 bridgehead atoms. The van der Waals surface area contributed by atoms with E-state index in [9.17, 15) is 14.9 Å². The van der Waals surface area contributed by atoms with Gasteiger partial charge < -0.3 is 16.0 Å². The highest BCUT2D eigenvalue weighted by atomic mass is 35.5. The van der Waals surface area contributed by atoms with Crippen LogP contribution in [0.15, 0.2) is 18.2 Å². The first kappa shape index (κ1) is 15.1. The third-order valence-corrected chi connectivity index (χ3v) is 2.67. The second-order valence-corrected chi connectivity index (χ2v) is 4.22. The molecule has 102 valence electrons. The van der Waals surface area contributed by atoms with Crippen LogP contribution in [0, 0.1) is 10.1 Å². The highest BCUT2D eigenvalue weighted by molar-refractivity contribution is 7.80. The number of anilines is 1. The molecular formula is C10H11ClN4O3S. The average Bonchev–Trinajstić information content (AvgIpc) is 2.38. The highest BCUT2D eigenvalue weighted by Crippen LogP contribution is 2.26. The van der Waals surface area contributed by atoms with Crippen molar-refractivity contribution < 1.29 is 9.72 Å². The monoisotopic (exact) mass is 302 g/mol. The van der Waals surface area contributed by atoms with Gasteiger partial charge >= 0.3 is 0 Å². The van der Waals surface area contributed by atoms with Gasteiger partial charge in [0, 0.05) is 19.2 Å². The predicted octanol–water partition coefficient (Wildman–Crippen LogP) is 1.28. The topological polar surface area (TPSA) is 96.3 Å². The number of hydrogen-bond acceptors (Lipinski definition) is 4. The summed E-state index contributed by atoms with van der Waals surface area (Å²) in [6.45, 7) is -0.00508. The van der Waals surface area contributed by atoms with Crippen molar-refractivity contribution in [2.24, 2.45) is 0 Å². The number of nitrogens with zero attached hydrogens (tertiary/aromatic N) is 1. The lowest BCUT2D eigenvalue weighted by Crippen LogP contribution is -2.37. The van der Waals surface area contributed by atoms with E-state index in [0.29, 0.717) is 5.69 Å². The van der Waals surface area contributed by atoms with E-state index in [1.54, 1.807) is 0 Å². The smallest absolute Gasteiger partial charge is 0.271 e. The summed E-state index contributed by atoms with van der Waals surface area (Å²) in [5.41, 5.74) is 0.186. The molecule has 0 unspecified atom stereocenters. The van der Waals surface area contributed by atoms with Gasteiger partial charge in [0.15, 0.2) is 5.11 Å². The summed E-state index contributed by atoms with van der Waals surface area (Å²) >= 11 is 10.8. The molecule has 0 aromatic heterocycles. The molecule has 0 heterocycles. The van der Waals surface area contributed by atoms with Gasteiger partial charge in [0.25, 0.3) is 5.69 Å². The Morgan fingerprint density at radius 1 is 1.53 bits per heavy atom. The fourth-order valence-corrected chi connectivity index (χ4v) is 1.48. The molecule has 0 atom stereocenters. The summed E-state index contributed by atoms with van der Waals surface area (Å²) in [7, 11) is 1.50. The van der Waals surface area contributed by atoms with Gasteiger partial charge in [-0.15, -0.1) is 0 Å². The van der Waals surface area contributed by atoms with Gasteiger partial charge in [0.2, 0.25) is 5.91 Å². The van der Waals surface area contributed by atoms with E-state index >= 15 is 0 Å². The van der Waals surface area contributed by atoms with Crippen molar-refractivity contribution in [1.82, 2.24) is 10.6 Å². The zero-order valence-corrected chi connectivity index (χ0v) is 11.5. The normalized spacial score (nSPS) is 9.58. The van der Waals surface area contributed by atoms with Crippen LogP contribution in [0.4, 0.5) is 11.4 Å². The molecule has 0 saturated carbocycles. The van der Waals surface area contributed by atoms with Crippen molar-refractivity contribution in [3.05, 3.63) is 33.3 Å². The van der Waals surface area contributed by atoms with Crippen molar-refractivity contribution in [3.8, 4) is 0 Å². The third-order valence-electron chi connectivity index (χ3n) is 2.10. The number of carbonyl (C=O) groups is 1. The van der Waals surface area contributed by atoms with Gasteiger partial charge in [-0.25, -0.2) is 0 Å². The van der Waals surface area contributed by atoms with Crippen LogP contribution in [0.25, 0.3) is 0 Å². The van der Waals surface area contributed by atoms with Crippen LogP contribution in [-0.2, 0) is 4.79 Å². The fraction of sp³-hybridized carbons (Fsp3) is 0.200. The summed E-state index contributed by atoms with van der Waals surface area (Å²) < 4.78 is 0. The number of non-ortho nitro benzene ring substituents is 1. The van der Waals surface area contributed by atoms with Gasteiger partial charge in [-0.2, -0.15) is 0 Å². The Morgan fingerprint density at radius 2 is 2.21 bits per heavy atom. The molecule has 0 saturated heterocycles. The Bertz CT molecular complexity index is 523. The molecular weight excluding hydrogens is 292 g/mol. The van der Waals surface area contributed by atoms with Crippen LogP contribution < -0.4 is 16.0 Å².